The first-order valence-electron chi connectivity index (χ1n) is 9.42. The Kier molecular flexibility index (Phi) is 5.29. The molecule has 0 aliphatic heterocycles. The molecule has 4 rings (SSSR count). The molecule has 28 heavy (non-hydrogen) atoms. The second-order valence-electron chi connectivity index (χ2n) is 6.96. The van der Waals surface area contributed by atoms with Crippen LogP contribution in [0, 0.1) is 6.92 Å². The average molecular weight is 398 g/mol. The van der Waals surface area contributed by atoms with Crippen LogP contribution in [0.25, 0.3) is 0 Å². The molecule has 0 spiro atoms. The predicted octanol–water partition coefficient (Wildman–Crippen LogP) is 4.86. The first-order valence-corrected chi connectivity index (χ1v) is 10.2. The van der Waals surface area contributed by atoms with Crippen LogP contribution >= 0.6 is 11.3 Å². The zero-order chi connectivity index (χ0) is 19.5. The van der Waals surface area contributed by atoms with Crippen molar-refractivity contribution in [1.82, 2.24) is 9.78 Å². The van der Waals surface area contributed by atoms with Crippen molar-refractivity contribution in [2.24, 2.45) is 0 Å². The van der Waals surface area contributed by atoms with E-state index < -0.39 is 0 Å². The standard InChI is InChI=1S/C20H22N4O3S/c1-13-12-17(23-19(25)15-8-5-11-27-15)28-18(13)20(26)22-16-9-10-21-24(16)14-6-3-2-4-7-14/h5,8-12,14H,2-4,6-7H2,1H3,(H,22,26)(H,23,25). The number of thiophene rings is 1. The predicted molar refractivity (Wildman–Crippen MR) is 108 cm³/mol. The van der Waals surface area contributed by atoms with E-state index >= 15 is 0 Å². The summed E-state index contributed by atoms with van der Waals surface area (Å²) < 4.78 is 7.03. The number of aryl methyl sites for hydroxylation is 1. The van der Waals surface area contributed by atoms with Crippen molar-refractivity contribution in [3.8, 4) is 0 Å². The number of amides is 2. The highest BCUT2D eigenvalue weighted by Crippen LogP contribution is 2.31. The summed E-state index contributed by atoms with van der Waals surface area (Å²) in [5.41, 5.74) is 0.806. The summed E-state index contributed by atoms with van der Waals surface area (Å²) in [7, 11) is 0. The quantitative estimate of drug-likeness (QED) is 0.642. The topological polar surface area (TPSA) is 89.2 Å². The normalized spacial score (nSPS) is 14.8. The van der Waals surface area contributed by atoms with Gasteiger partial charge < -0.3 is 15.1 Å². The Morgan fingerprint density at radius 2 is 2.00 bits per heavy atom. The molecule has 2 N–H and O–H groups in total. The van der Waals surface area contributed by atoms with Gasteiger partial charge in [-0.2, -0.15) is 5.10 Å². The van der Waals surface area contributed by atoms with Crippen LogP contribution in [0.15, 0.2) is 41.1 Å². The van der Waals surface area contributed by atoms with Crippen LogP contribution in [0.4, 0.5) is 10.8 Å². The van der Waals surface area contributed by atoms with Crippen LogP contribution < -0.4 is 10.6 Å². The van der Waals surface area contributed by atoms with Crippen LogP contribution in [0.2, 0.25) is 0 Å². The highest BCUT2D eigenvalue weighted by molar-refractivity contribution is 7.18. The van der Waals surface area contributed by atoms with Gasteiger partial charge >= 0.3 is 0 Å². The number of hydrogen-bond donors (Lipinski definition) is 2. The molecule has 1 aliphatic carbocycles. The lowest BCUT2D eigenvalue weighted by Gasteiger charge is -2.23. The van der Waals surface area contributed by atoms with Gasteiger partial charge in [0.15, 0.2) is 5.76 Å². The maximum absolute atomic E-state index is 12.8. The van der Waals surface area contributed by atoms with E-state index in [9.17, 15) is 9.59 Å². The second-order valence-corrected chi connectivity index (χ2v) is 8.01. The number of rotatable bonds is 5. The summed E-state index contributed by atoms with van der Waals surface area (Å²) in [6, 6.07) is 7.21. The summed E-state index contributed by atoms with van der Waals surface area (Å²) in [6.45, 7) is 1.85. The van der Waals surface area contributed by atoms with Gasteiger partial charge in [-0.3, -0.25) is 9.59 Å². The highest BCUT2D eigenvalue weighted by Gasteiger charge is 2.21. The van der Waals surface area contributed by atoms with Crippen molar-refractivity contribution in [2.45, 2.75) is 45.1 Å². The fraction of sp³-hybridized carbons (Fsp3) is 0.350. The van der Waals surface area contributed by atoms with E-state index in [1.165, 1.54) is 36.9 Å². The lowest BCUT2D eigenvalue weighted by atomic mass is 9.96. The van der Waals surface area contributed by atoms with Gasteiger partial charge in [0.1, 0.15) is 5.82 Å². The summed E-state index contributed by atoms with van der Waals surface area (Å²) in [6.07, 6.45) is 9.00. The number of carbonyl (C=O) groups is 2. The van der Waals surface area contributed by atoms with E-state index in [-0.39, 0.29) is 17.6 Å². The molecule has 2 amide bonds. The second kappa shape index (κ2) is 8.02. The number of nitrogens with one attached hydrogen (secondary N) is 2. The van der Waals surface area contributed by atoms with Crippen molar-refractivity contribution in [2.75, 3.05) is 10.6 Å². The minimum Gasteiger partial charge on any atom is -0.459 e. The Hall–Kier alpha value is -2.87. The monoisotopic (exact) mass is 398 g/mol. The lowest BCUT2D eigenvalue weighted by molar-refractivity contribution is 0.0995. The molecule has 0 unspecified atom stereocenters. The Morgan fingerprint density at radius 1 is 1.18 bits per heavy atom. The van der Waals surface area contributed by atoms with Crippen molar-refractivity contribution < 1.29 is 14.0 Å². The van der Waals surface area contributed by atoms with E-state index in [1.54, 1.807) is 24.4 Å². The maximum Gasteiger partial charge on any atom is 0.291 e. The molecule has 8 heteroatoms. The van der Waals surface area contributed by atoms with Gasteiger partial charge in [0, 0.05) is 6.07 Å². The molecule has 0 bridgehead atoms. The zero-order valence-electron chi connectivity index (χ0n) is 15.6. The number of nitrogens with zero attached hydrogens (tertiary/aromatic N) is 2. The maximum atomic E-state index is 12.8. The molecule has 0 saturated heterocycles. The van der Waals surface area contributed by atoms with Crippen LogP contribution in [-0.4, -0.2) is 21.6 Å². The minimum absolute atomic E-state index is 0.196. The molecule has 3 aromatic rings. The third-order valence-corrected chi connectivity index (χ3v) is 6.09. The average Bonchev–Trinajstić information content (AvgIpc) is 3.43. The van der Waals surface area contributed by atoms with Crippen molar-refractivity contribution in [3.05, 3.63) is 52.9 Å². The van der Waals surface area contributed by atoms with Crippen molar-refractivity contribution in [3.63, 3.8) is 0 Å². The number of hydrogen-bond acceptors (Lipinski definition) is 5. The zero-order valence-corrected chi connectivity index (χ0v) is 16.4. The number of aromatic nitrogens is 2. The molecule has 1 fully saturated rings. The first-order chi connectivity index (χ1) is 13.6. The molecule has 0 aromatic carbocycles. The number of furan rings is 1. The van der Waals surface area contributed by atoms with E-state index in [0.29, 0.717) is 21.7 Å². The van der Waals surface area contributed by atoms with Gasteiger partial charge in [-0.25, -0.2) is 4.68 Å². The molecule has 3 heterocycles. The van der Waals surface area contributed by atoms with Gasteiger partial charge in [-0.15, -0.1) is 11.3 Å². The molecule has 0 radical (unpaired) electrons. The van der Waals surface area contributed by atoms with Gasteiger partial charge in [-0.05, 0) is 43.5 Å². The van der Waals surface area contributed by atoms with Gasteiger partial charge in [0.25, 0.3) is 11.8 Å². The Bertz CT molecular complexity index is 968. The third kappa shape index (κ3) is 3.87. The first kappa shape index (κ1) is 18.5. The SMILES string of the molecule is Cc1cc(NC(=O)c2ccco2)sc1C(=O)Nc1ccnn1C1CCCCC1. The Labute approximate surface area is 166 Å². The smallest absolute Gasteiger partial charge is 0.291 e. The van der Waals surface area contributed by atoms with Crippen LogP contribution in [0.1, 0.15) is 63.9 Å². The van der Waals surface area contributed by atoms with Crippen LogP contribution in [0.5, 0.6) is 0 Å². The Morgan fingerprint density at radius 3 is 2.75 bits per heavy atom. The largest absolute Gasteiger partial charge is 0.459 e. The van der Waals surface area contributed by atoms with Crippen LogP contribution in [0.3, 0.4) is 0 Å². The van der Waals surface area contributed by atoms with Crippen molar-refractivity contribution in [1.29, 1.82) is 0 Å². The van der Waals surface area contributed by atoms with E-state index in [4.69, 9.17) is 4.42 Å². The van der Waals surface area contributed by atoms with Crippen LogP contribution in [-0.2, 0) is 0 Å². The minimum atomic E-state index is -0.339. The number of carbonyl (C=O) groups excluding carboxylic acids is 2. The van der Waals surface area contributed by atoms with Crippen molar-refractivity contribution >= 4 is 34.0 Å². The molecule has 146 valence electrons. The van der Waals surface area contributed by atoms with Gasteiger partial charge in [-0.1, -0.05) is 19.3 Å². The number of anilines is 2. The van der Waals surface area contributed by atoms with Gasteiger partial charge in [0.05, 0.1) is 28.4 Å². The molecule has 7 nitrogen and oxygen atoms in total. The van der Waals surface area contributed by atoms with E-state index in [1.807, 2.05) is 17.7 Å². The van der Waals surface area contributed by atoms with E-state index in [2.05, 4.69) is 15.7 Å². The van der Waals surface area contributed by atoms with Gasteiger partial charge in [0.2, 0.25) is 0 Å². The summed E-state index contributed by atoms with van der Waals surface area (Å²) in [4.78, 5) is 25.5. The Balaban J connectivity index is 1.46. The molecule has 0 atom stereocenters. The molecular formula is C20H22N4O3S. The third-order valence-electron chi connectivity index (χ3n) is 4.94. The van der Waals surface area contributed by atoms with E-state index in [0.717, 1.165) is 18.4 Å². The molecule has 1 saturated carbocycles. The molecular weight excluding hydrogens is 376 g/mol. The fourth-order valence-corrected chi connectivity index (χ4v) is 4.52. The summed E-state index contributed by atoms with van der Waals surface area (Å²) >= 11 is 1.24. The fourth-order valence-electron chi connectivity index (χ4n) is 3.55. The lowest BCUT2D eigenvalue weighted by Crippen LogP contribution is -2.20. The summed E-state index contributed by atoms with van der Waals surface area (Å²) in [5.74, 6) is 0.409. The highest BCUT2D eigenvalue weighted by atomic mass is 32.1. The molecule has 1 aliphatic rings. The summed E-state index contributed by atoms with van der Waals surface area (Å²) in [5, 5.41) is 10.8. The molecule has 3 aromatic heterocycles.